The van der Waals surface area contributed by atoms with E-state index in [-0.39, 0.29) is 102 Å². The molecule has 0 saturated carbocycles. The van der Waals surface area contributed by atoms with Gasteiger partial charge in [-0.1, -0.05) is 125 Å². The normalized spacial score (nSPS) is 16.8. The standard InChI is InChI=1S/C70H120N4O12/c1-5-9-13-17-21-25-29-33-37-43-67(79)83-59-63(75)55-71-47-41-48-73(57-65(77)61-85-69(81)45-39-35-31-27-23-19-15-11-7-3)53-54-74(58-66(78)62-86-70(82)46-40-36-32-28-24-20-16-12-8-4)50-42-49-72(52-51-71)56-64(76)60-84-68(80)44-38-34-30-26-22-18-14-10-6-2/h9-16,21-28,63-66,75-78H,5-8,17-20,29-62H2,1-4H3/b13-9-,14-10-,15-11-,16-12-,25-21-,26-22-,27-23-,28-24-. The van der Waals surface area contributed by atoms with Crippen LogP contribution in [0.2, 0.25) is 0 Å². The molecule has 4 unspecified atom stereocenters. The number of hydrogen-bond donors (Lipinski definition) is 4. The van der Waals surface area contributed by atoms with E-state index in [9.17, 15) is 39.6 Å². The van der Waals surface area contributed by atoms with E-state index in [2.05, 4.69) is 145 Å². The minimum absolute atomic E-state index is 0.137. The van der Waals surface area contributed by atoms with Crippen LogP contribution in [0.25, 0.3) is 0 Å². The van der Waals surface area contributed by atoms with Crippen molar-refractivity contribution in [1.29, 1.82) is 0 Å². The van der Waals surface area contributed by atoms with E-state index in [4.69, 9.17) is 18.9 Å². The summed E-state index contributed by atoms with van der Waals surface area (Å²) < 4.78 is 22.2. The Labute approximate surface area is 521 Å². The van der Waals surface area contributed by atoms with Crippen LogP contribution in [-0.4, -0.2) is 193 Å². The van der Waals surface area contributed by atoms with Crippen LogP contribution in [0, 0.1) is 0 Å². The van der Waals surface area contributed by atoms with E-state index in [0.29, 0.717) is 90.9 Å². The maximum atomic E-state index is 12.7. The molecule has 16 nitrogen and oxygen atoms in total. The maximum Gasteiger partial charge on any atom is 0.305 e. The number of hydrogen-bond acceptors (Lipinski definition) is 16. The summed E-state index contributed by atoms with van der Waals surface area (Å²) >= 11 is 0. The molecule has 16 heteroatoms. The molecule has 0 spiro atoms. The van der Waals surface area contributed by atoms with Crippen molar-refractivity contribution in [2.75, 3.05) is 105 Å². The molecule has 4 N–H and O–H groups in total. The average molecular weight is 1210 g/mol. The van der Waals surface area contributed by atoms with Crippen molar-refractivity contribution < 1.29 is 58.6 Å². The molecule has 492 valence electrons. The molecular weight excluding hydrogens is 1090 g/mol. The van der Waals surface area contributed by atoms with Gasteiger partial charge in [0.2, 0.25) is 0 Å². The number of rotatable bonds is 48. The highest BCUT2D eigenvalue weighted by molar-refractivity contribution is 5.70. The first kappa shape index (κ1) is 79.5. The maximum absolute atomic E-state index is 12.7. The van der Waals surface area contributed by atoms with E-state index >= 15 is 0 Å². The Bertz CT molecular complexity index is 1650. The van der Waals surface area contributed by atoms with E-state index in [1.807, 2.05) is 0 Å². The largest absolute Gasteiger partial charge is 0.463 e. The van der Waals surface area contributed by atoms with Crippen molar-refractivity contribution >= 4 is 23.9 Å². The predicted octanol–water partition coefficient (Wildman–Crippen LogP) is 11.5. The Morgan fingerprint density at radius 3 is 0.733 bits per heavy atom. The number of carbonyl (C=O) groups is 4. The third-order valence-electron chi connectivity index (χ3n) is 14.4. The number of β-amino-alcohol motifs (C(OH)–C–C–N with tert-alkyl or cyclic N) is 4. The molecule has 0 aromatic carbocycles. The number of esters is 4. The summed E-state index contributed by atoms with van der Waals surface area (Å²) in [5.41, 5.74) is 0. The summed E-state index contributed by atoms with van der Waals surface area (Å²) in [6.45, 7) is 13.1. The number of carbonyl (C=O) groups excluding carboxylic acids is 4. The molecule has 1 aliphatic heterocycles. The Balaban J connectivity index is 3.18. The Morgan fingerprint density at radius 1 is 0.314 bits per heavy atom. The van der Waals surface area contributed by atoms with Gasteiger partial charge in [-0.3, -0.25) is 38.8 Å². The molecule has 0 aromatic heterocycles. The van der Waals surface area contributed by atoms with Gasteiger partial charge in [0.25, 0.3) is 0 Å². The first-order chi connectivity index (χ1) is 41.9. The topological polar surface area (TPSA) is 199 Å². The summed E-state index contributed by atoms with van der Waals surface area (Å²) in [5, 5.41) is 45.2. The zero-order chi connectivity index (χ0) is 62.8. The molecule has 1 saturated heterocycles. The van der Waals surface area contributed by atoms with E-state index in [1.54, 1.807) is 0 Å². The first-order valence-electron chi connectivity index (χ1n) is 33.3. The molecule has 0 amide bonds. The van der Waals surface area contributed by atoms with Crippen molar-refractivity contribution in [1.82, 2.24) is 19.6 Å². The third kappa shape index (κ3) is 51.5. The van der Waals surface area contributed by atoms with Crippen molar-refractivity contribution in [3.8, 4) is 0 Å². The first-order valence-corrected chi connectivity index (χ1v) is 33.3. The number of aliphatic hydroxyl groups excluding tert-OH is 4. The molecule has 0 bridgehead atoms. The van der Waals surface area contributed by atoms with Gasteiger partial charge in [-0.15, -0.1) is 0 Å². The Hall–Kier alpha value is -4.52. The monoisotopic (exact) mass is 1210 g/mol. The fourth-order valence-electron chi connectivity index (χ4n) is 9.58. The number of unbranched alkanes of at least 4 members (excludes halogenated alkanes) is 8. The van der Waals surface area contributed by atoms with Gasteiger partial charge in [0.1, 0.15) is 50.8 Å². The van der Waals surface area contributed by atoms with Crippen LogP contribution in [0.4, 0.5) is 0 Å². The molecule has 1 aliphatic rings. The SMILES string of the molecule is CC/C=C\C/C=C\CCCCC(=O)OCC(O)CN1CCCN(CC(O)COC(=O)CCCC/C=C\C/C=C\CC)CCN(CC(O)COC(=O)CCCC/C=C\C/C=C\CC)CCCN(CC(O)COC(=O)CCCC/C=C\C/C=C\CC)CC1. The highest BCUT2D eigenvalue weighted by Gasteiger charge is 2.23. The van der Waals surface area contributed by atoms with Crippen LogP contribution in [0.15, 0.2) is 97.2 Å². The smallest absolute Gasteiger partial charge is 0.305 e. The van der Waals surface area contributed by atoms with Crippen LogP contribution in [-0.2, 0) is 38.1 Å². The van der Waals surface area contributed by atoms with E-state index < -0.39 is 24.4 Å². The second kappa shape index (κ2) is 58.2. The highest BCUT2D eigenvalue weighted by atomic mass is 16.6. The summed E-state index contributed by atoms with van der Waals surface area (Å²) in [4.78, 5) is 59.5. The van der Waals surface area contributed by atoms with Crippen LogP contribution in [0.3, 0.4) is 0 Å². The Kier molecular flexibility index (Phi) is 53.8. The lowest BCUT2D eigenvalue weighted by atomic mass is 10.2. The van der Waals surface area contributed by atoms with Gasteiger partial charge in [0.05, 0.1) is 0 Å². The number of nitrogens with zero attached hydrogens (tertiary/aromatic N) is 4. The highest BCUT2D eigenvalue weighted by Crippen LogP contribution is 2.12. The quantitative estimate of drug-likeness (QED) is 0.0194. The van der Waals surface area contributed by atoms with E-state index in [0.717, 1.165) is 103 Å². The van der Waals surface area contributed by atoms with Crippen molar-refractivity contribution in [2.24, 2.45) is 0 Å². The molecule has 1 fully saturated rings. The van der Waals surface area contributed by atoms with Gasteiger partial charge in [-0.25, -0.2) is 0 Å². The molecule has 1 rings (SSSR count). The third-order valence-corrected chi connectivity index (χ3v) is 14.4. The fourth-order valence-corrected chi connectivity index (χ4v) is 9.58. The van der Waals surface area contributed by atoms with Gasteiger partial charge in [-0.2, -0.15) is 0 Å². The number of aliphatic hydroxyl groups is 4. The van der Waals surface area contributed by atoms with Gasteiger partial charge >= 0.3 is 23.9 Å². The van der Waals surface area contributed by atoms with Crippen molar-refractivity contribution in [3.63, 3.8) is 0 Å². The minimum atomic E-state index is -0.948. The summed E-state index contributed by atoms with van der Waals surface area (Å²) in [7, 11) is 0. The van der Waals surface area contributed by atoms with Gasteiger partial charge < -0.3 is 39.4 Å². The summed E-state index contributed by atoms with van der Waals surface area (Å²) in [5.74, 6) is -1.37. The van der Waals surface area contributed by atoms with E-state index in [1.165, 1.54) is 0 Å². The molecule has 0 aromatic rings. The molecular formula is C70H120N4O12. The van der Waals surface area contributed by atoms with Gasteiger partial charge in [-0.05, 0) is 167 Å². The molecule has 0 radical (unpaired) electrons. The second-order valence-corrected chi connectivity index (χ2v) is 22.6. The molecule has 86 heavy (non-hydrogen) atoms. The summed E-state index contributed by atoms with van der Waals surface area (Å²) in [6, 6.07) is 0. The second-order valence-electron chi connectivity index (χ2n) is 22.6. The van der Waals surface area contributed by atoms with Gasteiger partial charge in [0.15, 0.2) is 0 Å². The average Bonchev–Trinajstić information content (AvgIpc) is 3.67. The van der Waals surface area contributed by atoms with Crippen molar-refractivity contribution in [3.05, 3.63) is 97.2 Å². The zero-order valence-electron chi connectivity index (χ0n) is 54.1. The lowest BCUT2D eigenvalue weighted by Crippen LogP contribution is -2.47. The lowest BCUT2D eigenvalue weighted by molar-refractivity contribution is -0.148. The fraction of sp³-hybridized carbons (Fsp3) is 0.714. The molecule has 0 aliphatic carbocycles. The molecule has 1 heterocycles. The van der Waals surface area contributed by atoms with Gasteiger partial charge in [0, 0.05) is 78.0 Å². The van der Waals surface area contributed by atoms with Crippen LogP contribution in [0.5, 0.6) is 0 Å². The Morgan fingerprint density at radius 2 is 0.523 bits per heavy atom. The molecule has 4 atom stereocenters. The van der Waals surface area contributed by atoms with Crippen LogP contribution >= 0.6 is 0 Å². The van der Waals surface area contributed by atoms with Crippen molar-refractivity contribution in [2.45, 2.75) is 219 Å². The predicted molar refractivity (Wildman–Crippen MR) is 349 cm³/mol. The van der Waals surface area contributed by atoms with Crippen LogP contribution in [0.1, 0.15) is 195 Å². The zero-order valence-corrected chi connectivity index (χ0v) is 54.1. The lowest BCUT2D eigenvalue weighted by Gasteiger charge is -2.34. The number of ether oxygens (including phenoxy) is 4. The summed E-state index contributed by atoms with van der Waals surface area (Å²) in [6.07, 6.45) is 50.3. The minimum Gasteiger partial charge on any atom is -0.463 e. The van der Waals surface area contributed by atoms with Crippen LogP contribution < -0.4 is 0 Å². The number of allylic oxidation sites excluding steroid dienone is 16.